The molecule has 1 heterocycles. The molecule has 9 heteroatoms. The highest BCUT2D eigenvalue weighted by atomic mass is 35.6. The maximum absolute atomic E-state index is 5.81. The Hall–Kier alpha value is -0.290. The molecular formula is C15H11Cl6N3. The third-order valence-corrected chi connectivity index (χ3v) is 3.49. The minimum atomic E-state index is -1.53. The third-order valence-electron chi connectivity index (χ3n) is 2.69. The first-order chi connectivity index (χ1) is 11.1. The van der Waals surface area contributed by atoms with E-state index in [2.05, 4.69) is 15.0 Å². The van der Waals surface area contributed by atoms with Crippen molar-refractivity contribution in [2.45, 2.75) is 20.4 Å². The van der Waals surface area contributed by atoms with Crippen molar-refractivity contribution in [3.63, 3.8) is 0 Å². The largest absolute Gasteiger partial charge is 0.218 e. The van der Waals surface area contributed by atoms with Gasteiger partial charge in [-0.1, -0.05) is 106 Å². The van der Waals surface area contributed by atoms with Crippen LogP contribution in [-0.4, -0.2) is 22.5 Å². The highest BCUT2D eigenvalue weighted by Crippen LogP contribution is 2.31. The number of hydrogen-bond acceptors (Lipinski definition) is 3. The molecule has 0 aliphatic heterocycles. The van der Waals surface area contributed by atoms with E-state index in [0.717, 1.165) is 5.56 Å². The number of hydrogen-bond donors (Lipinski definition) is 0. The predicted octanol–water partition coefficient (Wildman–Crippen LogP) is 5.87. The van der Waals surface area contributed by atoms with Crippen molar-refractivity contribution in [2.75, 3.05) is 0 Å². The van der Waals surface area contributed by atoms with Crippen LogP contribution in [0.2, 0.25) is 0 Å². The smallest absolute Gasteiger partial charge is 0.197 e. The van der Waals surface area contributed by atoms with Crippen molar-refractivity contribution in [1.29, 1.82) is 0 Å². The highest BCUT2D eigenvalue weighted by molar-refractivity contribution is 6.68. The van der Waals surface area contributed by atoms with E-state index in [1.54, 1.807) is 6.08 Å². The van der Waals surface area contributed by atoms with E-state index >= 15 is 0 Å². The number of rotatable bonds is 4. The summed E-state index contributed by atoms with van der Waals surface area (Å²) < 4.78 is -3.06. The Bertz CT molecular complexity index is 673. The molecule has 1 aromatic heterocycles. The van der Waals surface area contributed by atoms with Crippen molar-refractivity contribution in [3.05, 3.63) is 53.4 Å². The van der Waals surface area contributed by atoms with Crippen LogP contribution in [0.4, 0.5) is 0 Å². The zero-order chi connectivity index (χ0) is 17.8. The lowest BCUT2D eigenvalue weighted by molar-refractivity contribution is 0.782. The molecule has 0 amide bonds. The lowest BCUT2D eigenvalue weighted by atomic mass is 10.2. The summed E-state index contributed by atoms with van der Waals surface area (Å²) in [4.78, 5) is 12.7. The fraction of sp³-hybridized carbons (Fsp3) is 0.267. The van der Waals surface area contributed by atoms with Crippen LogP contribution >= 0.6 is 69.6 Å². The fourth-order valence-corrected chi connectivity index (χ4v) is 2.53. The van der Waals surface area contributed by atoms with Crippen LogP contribution in [0.25, 0.3) is 12.2 Å². The molecule has 0 atom stereocenters. The Labute approximate surface area is 169 Å². The molecule has 0 saturated heterocycles. The first-order valence-electron chi connectivity index (χ1n) is 6.71. The van der Waals surface area contributed by atoms with Crippen LogP contribution in [-0.2, 0) is 12.8 Å². The number of benzene rings is 1. The van der Waals surface area contributed by atoms with Gasteiger partial charge in [0.2, 0.25) is 0 Å². The summed E-state index contributed by atoms with van der Waals surface area (Å²) in [6.07, 6.45) is 3.60. The molecule has 2 aromatic rings. The van der Waals surface area contributed by atoms with Gasteiger partial charge >= 0.3 is 0 Å². The number of alkyl halides is 6. The van der Waals surface area contributed by atoms with E-state index in [1.807, 2.05) is 36.4 Å². The van der Waals surface area contributed by atoms with Crippen LogP contribution in [0.15, 0.2) is 30.3 Å². The molecule has 0 N–H and O–H groups in total. The topological polar surface area (TPSA) is 38.7 Å². The molecule has 0 fully saturated rings. The van der Waals surface area contributed by atoms with Crippen LogP contribution < -0.4 is 0 Å². The van der Waals surface area contributed by atoms with Gasteiger partial charge in [-0.15, -0.1) is 0 Å². The maximum atomic E-state index is 5.81. The van der Waals surface area contributed by atoms with Gasteiger partial charge in [0, 0.05) is 0 Å². The summed E-state index contributed by atoms with van der Waals surface area (Å²) in [6.45, 7) is 0. The second-order valence-corrected chi connectivity index (χ2v) is 9.89. The van der Waals surface area contributed by atoms with Crippen molar-refractivity contribution >= 4 is 81.8 Å². The zero-order valence-corrected chi connectivity index (χ0v) is 16.6. The van der Waals surface area contributed by atoms with Gasteiger partial charge in [-0.2, -0.15) is 0 Å². The van der Waals surface area contributed by atoms with Crippen molar-refractivity contribution in [3.8, 4) is 0 Å². The second-order valence-electron chi connectivity index (χ2n) is 4.85. The van der Waals surface area contributed by atoms with Gasteiger partial charge in [0.05, 0.1) is 12.8 Å². The van der Waals surface area contributed by atoms with E-state index in [4.69, 9.17) is 69.6 Å². The summed E-state index contributed by atoms with van der Waals surface area (Å²) in [5.41, 5.74) is 0.990. The lowest BCUT2D eigenvalue weighted by Crippen LogP contribution is -2.16. The summed E-state index contributed by atoms with van der Waals surface area (Å²) in [5.74, 6) is 1.01. The van der Waals surface area contributed by atoms with E-state index in [9.17, 15) is 0 Å². The van der Waals surface area contributed by atoms with Gasteiger partial charge < -0.3 is 0 Å². The molecule has 1 aromatic carbocycles. The van der Waals surface area contributed by atoms with Crippen molar-refractivity contribution < 1.29 is 0 Å². The van der Waals surface area contributed by atoms with E-state index < -0.39 is 7.59 Å². The molecule has 3 nitrogen and oxygen atoms in total. The van der Waals surface area contributed by atoms with Gasteiger partial charge in [-0.05, 0) is 11.6 Å². The van der Waals surface area contributed by atoms with Crippen molar-refractivity contribution in [2.24, 2.45) is 0 Å². The highest BCUT2D eigenvalue weighted by Gasteiger charge is 2.26. The monoisotopic (exact) mass is 443 g/mol. The van der Waals surface area contributed by atoms with Gasteiger partial charge in [0.15, 0.2) is 13.4 Å². The summed E-state index contributed by atoms with van der Waals surface area (Å²) in [6, 6.07) is 9.67. The Morgan fingerprint density at radius 2 is 1.21 bits per heavy atom. The van der Waals surface area contributed by atoms with Gasteiger partial charge in [0.1, 0.15) is 11.6 Å². The van der Waals surface area contributed by atoms with Crippen molar-refractivity contribution in [1.82, 2.24) is 15.0 Å². The van der Waals surface area contributed by atoms with Crippen LogP contribution in [0.5, 0.6) is 0 Å². The number of aromatic nitrogens is 3. The first kappa shape index (κ1) is 20.0. The fourth-order valence-electron chi connectivity index (χ4n) is 1.81. The average Bonchev–Trinajstić information content (AvgIpc) is 2.42. The zero-order valence-electron chi connectivity index (χ0n) is 12.1. The Balaban J connectivity index is 2.33. The summed E-state index contributed by atoms with van der Waals surface area (Å²) in [7, 11) is 0. The van der Waals surface area contributed by atoms with Crippen LogP contribution in [0.3, 0.4) is 0 Å². The maximum Gasteiger partial charge on any atom is 0.197 e. The van der Waals surface area contributed by atoms with Gasteiger partial charge in [-0.3, -0.25) is 0 Å². The standard InChI is InChI=1S/C15H11Cl6N3/c16-14(17,18)8-12-22-11(7-6-10-4-2-1-3-5-10)23-13(24-12)9-15(19,20)21/h1-7H,8-9H2. The predicted molar refractivity (Wildman–Crippen MR) is 103 cm³/mol. The normalized spacial score (nSPS) is 12.8. The number of halogens is 6. The van der Waals surface area contributed by atoms with E-state index in [-0.39, 0.29) is 12.8 Å². The molecular weight excluding hydrogens is 435 g/mol. The molecule has 0 saturated carbocycles. The molecule has 2 rings (SSSR count). The number of nitrogens with zero attached hydrogens (tertiary/aromatic N) is 3. The minimum Gasteiger partial charge on any atom is -0.218 e. The van der Waals surface area contributed by atoms with E-state index in [0.29, 0.717) is 17.5 Å². The van der Waals surface area contributed by atoms with Gasteiger partial charge in [-0.25, -0.2) is 15.0 Å². The van der Waals surface area contributed by atoms with E-state index in [1.165, 1.54) is 0 Å². The molecule has 0 unspecified atom stereocenters. The van der Waals surface area contributed by atoms with Gasteiger partial charge in [0.25, 0.3) is 0 Å². The average molecular weight is 446 g/mol. The molecule has 0 spiro atoms. The molecule has 128 valence electrons. The molecule has 24 heavy (non-hydrogen) atoms. The second kappa shape index (κ2) is 8.39. The molecule has 0 bridgehead atoms. The molecule has 0 radical (unpaired) electrons. The summed E-state index contributed by atoms with van der Waals surface area (Å²) >= 11 is 34.9. The Morgan fingerprint density at radius 3 is 1.67 bits per heavy atom. The Kier molecular flexibility index (Phi) is 7.00. The van der Waals surface area contributed by atoms with Crippen LogP contribution in [0, 0.1) is 0 Å². The summed E-state index contributed by atoms with van der Waals surface area (Å²) in [5, 5.41) is 0. The minimum absolute atomic E-state index is 0.0131. The first-order valence-corrected chi connectivity index (χ1v) is 8.98. The molecule has 0 aliphatic carbocycles. The quantitative estimate of drug-likeness (QED) is 0.552. The lowest BCUT2D eigenvalue weighted by Gasteiger charge is -2.13. The Morgan fingerprint density at radius 1 is 0.708 bits per heavy atom. The SMILES string of the molecule is ClC(Cl)(Cl)Cc1nc(C=Cc2ccccc2)nc(CC(Cl)(Cl)Cl)n1. The third kappa shape index (κ3) is 7.73. The van der Waals surface area contributed by atoms with Crippen LogP contribution in [0.1, 0.15) is 23.0 Å². The molecule has 0 aliphatic rings.